The van der Waals surface area contributed by atoms with Crippen LogP contribution in [0.1, 0.15) is 110 Å². The number of rotatable bonds is 7. The van der Waals surface area contributed by atoms with Crippen molar-refractivity contribution in [1.29, 1.82) is 5.26 Å². The summed E-state index contributed by atoms with van der Waals surface area (Å²) in [7, 11) is 0. The minimum atomic E-state index is 0.0425. The van der Waals surface area contributed by atoms with Gasteiger partial charge in [-0.25, -0.2) is 0 Å². The predicted molar refractivity (Wildman–Crippen MR) is 106 cm³/mol. The summed E-state index contributed by atoms with van der Waals surface area (Å²) in [4.78, 5) is 0. The molecule has 0 spiro atoms. The molecule has 0 aliphatic heterocycles. The molecule has 0 N–H and O–H groups in total. The Morgan fingerprint density at radius 2 is 1.64 bits per heavy atom. The van der Waals surface area contributed by atoms with Crippen molar-refractivity contribution >= 4 is 0 Å². The van der Waals surface area contributed by atoms with Gasteiger partial charge in [0.15, 0.2) is 0 Å². The first-order valence-corrected chi connectivity index (χ1v) is 11.6. The van der Waals surface area contributed by atoms with E-state index in [1.807, 2.05) is 0 Å². The standard InChI is InChI=1S/C24H41N/c1-3-5-6-7-8-14-24(18-25)15-13-23-21(17-24)11-10-20-16-19(4-2)9-12-22(20)23/h19-23H,3-17H2,1-2H3/t19-,20?,21?,22?,23?,24+/m0/s1. The second-order valence-electron chi connectivity index (χ2n) is 9.81. The van der Waals surface area contributed by atoms with E-state index in [0.29, 0.717) is 0 Å². The molecule has 3 fully saturated rings. The summed E-state index contributed by atoms with van der Waals surface area (Å²) in [6.45, 7) is 4.67. The summed E-state index contributed by atoms with van der Waals surface area (Å²) in [6, 6.07) is 2.83. The lowest BCUT2D eigenvalue weighted by Gasteiger charge is -2.52. The Labute approximate surface area is 157 Å². The van der Waals surface area contributed by atoms with Crippen molar-refractivity contribution in [2.45, 2.75) is 110 Å². The maximum absolute atomic E-state index is 9.98. The molecule has 0 amide bonds. The van der Waals surface area contributed by atoms with Crippen molar-refractivity contribution in [1.82, 2.24) is 0 Å². The second kappa shape index (κ2) is 8.92. The Bertz CT molecular complexity index is 450. The summed E-state index contributed by atoms with van der Waals surface area (Å²) in [5.41, 5.74) is 0.0425. The van der Waals surface area contributed by atoms with Gasteiger partial charge in [0.1, 0.15) is 0 Å². The first kappa shape index (κ1) is 19.3. The predicted octanol–water partition coefficient (Wildman–Crippen LogP) is 7.51. The molecule has 25 heavy (non-hydrogen) atoms. The average molecular weight is 344 g/mol. The Morgan fingerprint density at radius 3 is 2.40 bits per heavy atom. The Balaban J connectivity index is 1.54. The molecule has 0 radical (unpaired) electrons. The molecule has 3 aliphatic rings. The molecule has 1 heteroatoms. The molecule has 0 aromatic heterocycles. The third kappa shape index (κ3) is 4.43. The van der Waals surface area contributed by atoms with Crippen LogP contribution in [0.4, 0.5) is 0 Å². The van der Waals surface area contributed by atoms with Gasteiger partial charge in [-0.3, -0.25) is 0 Å². The molecule has 3 aliphatic carbocycles. The topological polar surface area (TPSA) is 23.8 Å². The lowest BCUT2D eigenvalue weighted by atomic mass is 9.52. The maximum atomic E-state index is 9.98. The Morgan fingerprint density at radius 1 is 0.880 bits per heavy atom. The van der Waals surface area contributed by atoms with Crippen molar-refractivity contribution in [3.8, 4) is 6.07 Å². The van der Waals surface area contributed by atoms with Crippen molar-refractivity contribution in [3.63, 3.8) is 0 Å². The lowest BCUT2D eigenvalue weighted by molar-refractivity contribution is -0.0174. The molecule has 0 bridgehead atoms. The summed E-state index contributed by atoms with van der Waals surface area (Å²) in [6.07, 6.45) is 20.5. The van der Waals surface area contributed by atoms with Crippen molar-refractivity contribution in [3.05, 3.63) is 0 Å². The summed E-state index contributed by atoms with van der Waals surface area (Å²) in [5, 5.41) is 9.98. The van der Waals surface area contributed by atoms with Gasteiger partial charge in [0, 0.05) is 0 Å². The molecule has 142 valence electrons. The van der Waals surface area contributed by atoms with Crippen molar-refractivity contribution in [2.75, 3.05) is 0 Å². The minimum absolute atomic E-state index is 0.0425. The number of unbranched alkanes of at least 4 members (excludes halogenated alkanes) is 4. The van der Waals surface area contributed by atoms with E-state index in [-0.39, 0.29) is 5.41 Å². The van der Waals surface area contributed by atoms with Crippen LogP contribution in [0.3, 0.4) is 0 Å². The van der Waals surface area contributed by atoms with Gasteiger partial charge in [0.2, 0.25) is 0 Å². The zero-order valence-electron chi connectivity index (χ0n) is 16.9. The normalized spacial score (nSPS) is 40.8. The van der Waals surface area contributed by atoms with Crippen LogP contribution >= 0.6 is 0 Å². The van der Waals surface area contributed by atoms with Gasteiger partial charge in [-0.15, -0.1) is 0 Å². The fourth-order valence-corrected chi connectivity index (χ4v) is 6.84. The summed E-state index contributed by atoms with van der Waals surface area (Å²) >= 11 is 0. The summed E-state index contributed by atoms with van der Waals surface area (Å²) in [5.74, 6) is 4.91. The zero-order chi connectivity index (χ0) is 17.7. The molecule has 1 nitrogen and oxygen atoms in total. The number of nitriles is 1. The van der Waals surface area contributed by atoms with Crippen molar-refractivity contribution in [2.24, 2.45) is 35.0 Å². The number of hydrogen-bond acceptors (Lipinski definition) is 1. The van der Waals surface area contributed by atoms with E-state index in [0.717, 1.165) is 29.6 Å². The Kier molecular flexibility index (Phi) is 6.87. The average Bonchev–Trinajstić information content (AvgIpc) is 2.67. The highest BCUT2D eigenvalue weighted by atomic mass is 14.5. The molecule has 0 saturated heterocycles. The summed E-state index contributed by atoms with van der Waals surface area (Å²) < 4.78 is 0. The van der Waals surface area contributed by atoms with E-state index in [1.165, 1.54) is 96.3 Å². The fourth-order valence-electron chi connectivity index (χ4n) is 6.84. The van der Waals surface area contributed by atoms with Crippen LogP contribution in [-0.2, 0) is 0 Å². The van der Waals surface area contributed by atoms with E-state index < -0.39 is 0 Å². The van der Waals surface area contributed by atoms with Crippen LogP contribution in [0.5, 0.6) is 0 Å². The molecule has 0 heterocycles. The van der Waals surface area contributed by atoms with E-state index >= 15 is 0 Å². The maximum Gasteiger partial charge on any atom is 0.0689 e. The molecule has 0 aromatic carbocycles. The fraction of sp³-hybridized carbons (Fsp3) is 0.958. The smallest absolute Gasteiger partial charge is 0.0689 e. The van der Waals surface area contributed by atoms with Crippen LogP contribution in [0, 0.1) is 46.3 Å². The van der Waals surface area contributed by atoms with E-state index in [4.69, 9.17) is 0 Å². The van der Waals surface area contributed by atoms with E-state index in [9.17, 15) is 5.26 Å². The van der Waals surface area contributed by atoms with E-state index in [2.05, 4.69) is 19.9 Å². The van der Waals surface area contributed by atoms with Gasteiger partial charge >= 0.3 is 0 Å². The highest BCUT2D eigenvalue weighted by Gasteiger charge is 2.48. The SMILES string of the molecule is CCCCCCC[C@@]1(C#N)CCC2C(CCC3C[C@@H](CC)CCC32)C1. The van der Waals surface area contributed by atoms with Gasteiger partial charge < -0.3 is 0 Å². The third-order valence-electron chi connectivity index (χ3n) is 8.40. The third-order valence-corrected chi connectivity index (χ3v) is 8.40. The van der Waals surface area contributed by atoms with E-state index in [1.54, 1.807) is 0 Å². The number of hydrogen-bond donors (Lipinski definition) is 0. The largest absolute Gasteiger partial charge is 0.198 e. The molecule has 0 aromatic rings. The quantitative estimate of drug-likeness (QED) is 0.439. The highest BCUT2D eigenvalue weighted by Crippen LogP contribution is 2.56. The number of fused-ring (bicyclic) bond motifs is 3. The molecule has 6 atom stereocenters. The minimum Gasteiger partial charge on any atom is -0.198 e. The van der Waals surface area contributed by atoms with Gasteiger partial charge in [-0.05, 0) is 81.0 Å². The highest BCUT2D eigenvalue weighted by molar-refractivity contribution is 5.06. The van der Waals surface area contributed by atoms with Gasteiger partial charge in [-0.1, -0.05) is 58.8 Å². The molecular weight excluding hydrogens is 302 g/mol. The first-order chi connectivity index (χ1) is 12.2. The molecule has 3 saturated carbocycles. The molecule has 4 unspecified atom stereocenters. The monoisotopic (exact) mass is 343 g/mol. The van der Waals surface area contributed by atoms with Crippen LogP contribution in [0.15, 0.2) is 0 Å². The van der Waals surface area contributed by atoms with Crippen LogP contribution in [0.2, 0.25) is 0 Å². The van der Waals surface area contributed by atoms with Crippen LogP contribution in [0.25, 0.3) is 0 Å². The number of nitrogens with zero attached hydrogens (tertiary/aromatic N) is 1. The van der Waals surface area contributed by atoms with Crippen LogP contribution in [-0.4, -0.2) is 0 Å². The molecule has 3 rings (SSSR count). The Hall–Kier alpha value is -0.510. The van der Waals surface area contributed by atoms with Gasteiger partial charge in [0.25, 0.3) is 0 Å². The molecular formula is C24H41N. The van der Waals surface area contributed by atoms with Crippen molar-refractivity contribution < 1.29 is 0 Å². The van der Waals surface area contributed by atoms with Crippen LogP contribution < -0.4 is 0 Å². The first-order valence-electron chi connectivity index (χ1n) is 11.6. The van der Waals surface area contributed by atoms with Gasteiger partial charge in [-0.2, -0.15) is 5.26 Å². The second-order valence-corrected chi connectivity index (χ2v) is 9.81. The van der Waals surface area contributed by atoms with Gasteiger partial charge in [0.05, 0.1) is 11.5 Å². The lowest BCUT2D eigenvalue weighted by Crippen LogP contribution is -2.44. The zero-order valence-corrected chi connectivity index (χ0v) is 16.9.